The van der Waals surface area contributed by atoms with E-state index in [1.807, 2.05) is 38.9 Å². The standard InChI is InChI=1S/C21H25N5O3S/c1-14-6-11-18(29-5)19(12-14)30(27,28)25-17-9-7-16(8-10-17)23-21-22-15(2)13-20(24-21)26(3)4/h6-13,25H,1-5H3,(H,22,23,24). The average molecular weight is 428 g/mol. The Kier molecular flexibility index (Phi) is 6.12. The minimum atomic E-state index is -3.80. The monoisotopic (exact) mass is 427 g/mol. The van der Waals surface area contributed by atoms with Crippen LogP contribution in [0.2, 0.25) is 0 Å². The number of aromatic nitrogens is 2. The molecule has 0 amide bonds. The van der Waals surface area contributed by atoms with Gasteiger partial charge < -0.3 is 15.0 Å². The van der Waals surface area contributed by atoms with Gasteiger partial charge in [-0.1, -0.05) is 6.07 Å². The van der Waals surface area contributed by atoms with Crippen LogP contribution in [0.4, 0.5) is 23.1 Å². The fourth-order valence-corrected chi connectivity index (χ4v) is 4.11. The Bertz CT molecular complexity index is 1150. The predicted molar refractivity (Wildman–Crippen MR) is 119 cm³/mol. The second kappa shape index (κ2) is 8.58. The summed E-state index contributed by atoms with van der Waals surface area (Å²) < 4.78 is 33.4. The van der Waals surface area contributed by atoms with Crippen LogP contribution < -0.4 is 19.7 Å². The number of rotatable bonds is 7. The fraction of sp³-hybridized carbons (Fsp3) is 0.238. The van der Waals surface area contributed by atoms with Crippen LogP contribution >= 0.6 is 0 Å². The highest BCUT2D eigenvalue weighted by Gasteiger charge is 2.20. The lowest BCUT2D eigenvalue weighted by molar-refractivity contribution is 0.402. The van der Waals surface area contributed by atoms with Gasteiger partial charge in [0.2, 0.25) is 5.95 Å². The van der Waals surface area contributed by atoms with E-state index in [0.717, 1.165) is 22.8 Å². The average Bonchev–Trinajstić information content (AvgIpc) is 2.69. The molecule has 30 heavy (non-hydrogen) atoms. The lowest BCUT2D eigenvalue weighted by Crippen LogP contribution is -2.14. The van der Waals surface area contributed by atoms with E-state index in [9.17, 15) is 8.42 Å². The first kappa shape index (κ1) is 21.4. The molecule has 1 aromatic heterocycles. The predicted octanol–water partition coefficient (Wildman–Crippen LogP) is 3.71. The van der Waals surface area contributed by atoms with Crippen molar-refractivity contribution in [2.45, 2.75) is 18.7 Å². The number of methoxy groups -OCH3 is 1. The molecule has 0 aliphatic carbocycles. The van der Waals surface area contributed by atoms with Crippen molar-refractivity contribution in [2.75, 3.05) is 36.1 Å². The summed E-state index contributed by atoms with van der Waals surface area (Å²) in [4.78, 5) is 10.8. The second-order valence-electron chi connectivity index (χ2n) is 7.05. The molecule has 158 valence electrons. The van der Waals surface area contributed by atoms with Crippen molar-refractivity contribution in [3.05, 3.63) is 59.8 Å². The van der Waals surface area contributed by atoms with E-state index in [4.69, 9.17) is 4.74 Å². The van der Waals surface area contributed by atoms with Crippen LogP contribution in [0.1, 0.15) is 11.3 Å². The van der Waals surface area contributed by atoms with E-state index in [-0.39, 0.29) is 4.90 Å². The third-order valence-electron chi connectivity index (χ3n) is 4.30. The van der Waals surface area contributed by atoms with Crippen molar-refractivity contribution in [1.29, 1.82) is 0 Å². The van der Waals surface area contributed by atoms with E-state index in [1.54, 1.807) is 42.5 Å². The van der Waals surface area contributed by atoms with Gasteiger partial charge in [-0.05, 0) is 55.8 Å². The van der Waals surface area contributed by atoms with E-state index in [1.165, 1.54) is 7.11 Å². The third kappa shape index (κ3) is 4.98. The molecule has 0 aliphatic heterocycles. The van der Waals surface area contributed by atoms with Crippen LogP contribution in [0, 0.1) is 13.8 Å². The topological polar surface area (TPSA) is 96.5 Å². The van der Waals surface area contributed by atoms with Gasteiger partial charge in [-0.3, -0.25) is 4.72 Å². The summed E-state index contributed by atoms with van der Waals surface area (Å²) in [6.45, 7) is 3.73. The molecule has 2 aromatic carbocycles. The first-order valence-corrected chi connectivity index (χ1v) is 10.7. The maximum atomic E-state index is 12.8. The van der Waals surface area contributed by atoms with Gasteiger partial charge in [0, 0.05) is 37.2 Å². The van der Waals surface area contributed by atoms with Crippen LogP contribution in [-0.4, -0.2) is 39.6 Å². The number of nitrogens with zero attached hydrogens (tertiary/aromatic N) is 3. The molecule has 3 rings (SSSR count). The van der Waals surface area contributed by atoms with E-state index >= 15 is 0 Å². The van der Waals surface area contributed by atoms with E-state index in [0.29, 0.717) is 17.4 Å². The molecule has 0 unspecified atom stereocenters. The van der Waals surface area contributed by atoms with Gasteiger partial charge in [-0.15, -0.1) is 0 Å². The molecule has 0 spiro atoms. The molecular weight excluding hydrogens is 402 g/mol. The molecule has 0 saturated carbocycles. The second-order valence-corrected chi connectivity index (χ2v) is 8.70. The molecule has 8 nitrogen and oxygen atoms in total. The van der Waals surface area contributed by atoms with Crippen molar-refractivity contribution < 1.29 is 13.2 Å². The van der Waals surface area contributed by atoms with Crippen LogP contribution in [-0.2, 0) is 10.0 Å². The van der Waals surface area contributed by atoms with Crippen LogP contribution in [0.15, 0.2) is 53.4 Å². The minimum Gasteiger partial charge on any atom is -0.495 e. The molecule has 9 heteroatoms. The molecule has 3 aromatic rings. The number of anilines is 4. The number of ether oxygens (including phenoxy) is 1. The first-order chi connectivity index (χ1) is 14.2. The molecule has 0 saturated heterocycles. The van der Waals surface area contributed by atoms with Crippen LogP contribution in [0.3, 0.4) is 0 Å². The zero-order valence-electron chi connectivity index (χ0n) is 17.6. The number of sulfonamides is 1. The number of benzene rings is 2. The van der Waals surface area contributed by atoms with Gasteiger partial charge in [-0.2, -0.15) is 4.98 Å². The summed E-state index contributed by atoms with van der Waals surface area (Å²) in [5, 5.41) is 3.14. The summed E-state index contributed by atoms with van der Waals surface area (Å²) in [6.07, 6.45) is 0. The lowest BCUT2D eigenvalue weighted by atomic mass is 10.2. The quantitative estimate of drug-likeness (QED) is 0.593. The SMILES string of the molecule is COc1ccc(C)cc1S(=O)(=O)Nc1ccc(Nc2nc(C)cc(N(C)C)n2)cc1. The Balaban J connectivity index is 1.79. The lowest BCUT2D eigenvalue weighted by Gasteiger charge is -2.14. The van der Waals surface area contributed by atoms with Gasteiger partial charge in [0.05, 0.1) is 7.11 Å². The fourth-order valence-electron chi connectivity index (χ4n) is 2.79. The number of hydrogen-bond acceptors (Lipinski definition) is 7. The van der Waals surface area contributed by atoms with Gasteiger partial charge >= 0.3 is 0 Å². The Morgan fingerprint density at radius 1 is 0.933 bits per heavy atom. The zero-order valence-corrected chi connectivity index (χ0v) is 18.4. The summed E-state index contributed by atoms with van der Waals surface area (Å²) in [5.41, 5.74) is 2.84. The molecule has 0 atom stereocenters. The molecule has 0 aliphatic rings. The number of hydrogen-bond donors (Lipinski definition) is 2. The smallest absolute Gasteiger partial charge is 0.265 e. The van der Waals surface area contributed by atoms with Gasteiger partial charge in [0.1, 0.15) is 16.5 Å². The van der Waals surface area contributed by atoms with Crippen molar-refractivity contribution in [2.24, 2.45) is 0 Å². The summed E-state index contributed by atoms with van der Waals surface area (Å²) in [7, 11) is 1.47. The van der Waals surface area contributed by atoms with Crippen LogP contribution in [0.25, 0.3) is 0 Å². The molecule has 1 heterocycles. The minimum absolute atomic E-state index is 0.0941. The highest BCUT2D eigenvalue weighted by Crippen LogP contribution is 2.27. The first-order valence-electron chi connectivity index (χ1n) is 9.25. The van der Waals surface area contributed by atoms with Crippen molar-refractivity contribution >= 4 is 33.2 Å². The maximum Gasteiger partial charge on any atom is 0.265 e. The normalized spacial score (nSPS) is 11.1. The van der Waals surface area contributed by atoms with Crippen molar-refractivity contribution in [3.8, 4) is 5.75 Å². The molecule has 0 fully saturated rings. The van der Waals surface area contributed by atoms with Crippen LogP contribution in [0.5, 0.6) is 5.75 Å². The van der Waals surface area contributed by atoms with E-state index in [2.05, 4.69) is 20.0 Å². The summed E-state index contributed by atoms with van der Waals surface area (Å²) in [6, 6.07) is 13.8. The number of aryl methyl sites for hydroxylation is 2. The summed E-state index contributed by atoms with van der Waals surface area (Å²) >= 11 is 0. The highest BCUT2D eigenvalue weighted by molar-refractivity contribution is 7.92. The Hall–Kier alpha value is -3.33. The Labute approximate surface area is 177 Å². The molecule has 0 bridgehead atoms. The van der Waals surface area contributed by atoms with Crippen molar-refractivity contribution in [1.82, 2.24) is 9.97 Å². The van der Waals surface area contributed by atoms with Gasteiger partial charge in [0.15, 0.2) is 0 Å². The Morgan fingerprint density at radius 3 is 2.23 bits per heavy atom. The van der Waals surface area contributed by atoms with Crippen molar-refractivity contribution in [3.63, 3.8) is 0 Å². The van der Waals surface area contributed by atoms with Gasteiger partial charge in [-0.25, -0.2) is 13.4 Å². The largest absolute Gasteiger partial charge is 0.495 e. The number of nitrogens with one attached hydrogen (secondary N) is 2. The molecule has 2 N–H and O–H groups in total. The maximum absolute atomic E-state index is 12.8. The van der Waals surface area contributed by atoms with E-state index < -0.39 is 10.0 Å². The molecule has 0 radical (unpaired) electrons. The van der Waals surface area contributed by atoms with Gasteiger partial charge in [0.25, 0.3) is 10.0 Å². The highest BCUT2D eigenvalue weighted by atomic mass is 32.2. The molecular formula is C21H25N5O3S. The summed E-state index contributed by atoms with van der Waals surface area (Å²) in [5.74, 6) is 1.55. The Morgan fingerprint density at radius 2 is 1.60 bits per heavy atom. The third-order valence-corrected chi connectivity index (χ3v) is 5.70. The zero-order chi connectivity index (χ0) is 21.9.